The van der Waals surface area contributed by atoms with E-state index in [0.29, 0.717) is 25.3 Å². The second-order valence-corrected chi connectivity index (χ2v) is 3.77. The molecule has 17 heavy (non-hydrogen) atoms. The maximum absolute atomic E-state index is 11.1. The van der Waals surface area contributed by atoms with Gasteiger partial charge in [-0.15, -0.1) is 0 Å². The van der Waals surface area contributed by atoms with Crippen LogP contribution >= 0.6 is 0 Å². The van der Waals surface area contributed by atoms with Crippen LogP contribution < -0.4 is 11.1 Å². The van der Waals surface area contributed by atoms with Crippen LogP contribution in [0.25, 0.3) is 0 Å². The number of hydrogen-bond donors (Lipinski definition) is 2. The minimum atomic E-state index is -0.156. The number of nitrogens with two attached hydrogens (primary N) is 1. The molecular weight excluding hydrogens is 218 g/mol. The van der Waals surface area contributed by atoms with Crippen molar-refractivity contribution in [2.24, 2.45) is 0 Å². The molecule has 5 nitrogen and oxygen atoms in total. The number of rotatable bonds is 6. The molecule has 0 aliphatic heterocycles. The Morgan fingerprint density at radius 2 is 2.35 bits per heavy atom. The predicted molar refractivity (Wildman–Crippen MR) is 67.7 cm³/mol. The first-order valence-electron chi connectivity index (χ1n) is 5.75. The van der Waals surface area contributed by atoms with Gasteiger partial charge in [0.05, 0.1) is 18.5 Å². The van der Waals surface area contributed by atoms with Gasteiger partial charge in [-0.2, -0.15) is 0 Å². The van der Waals surface area contributed by atoms with Crippen LogP contribution in [-0.2, 0) is 9.53 Å². The van der Waals surface area contributed by atoms with Crippen LogP contribution in [-0.4, -0.2) is 24.1 Å². The molecule has 1 aromatic heterocycles. The van der Waals surface area contributed by atoms with Gasteiger partial charge in [-0.1, -0.05) is 0 Å². The molecule has 1 rings (SSSR count). The molecule has 0 bridgehead atoms. The van der Waals surface area contributed by atoms with Crippen LogP contribution in [0.1, 0.15) is 25.3 Å². The van der Waals surface area contributed by atoms with E-state index < -0.39 is 0 Å². The van der Waals surface area contributed by atoms with Crippen molar-refractivity contribution in [3.05, 3.63) is 17.8 Å². The van der Waals surface area contributed by atoms with E-state index in [9.17, 15) is 4.79 Å². The van der Waals surface area contributed by atoms with E-state index in [-0.39, 0.29) is 5.97 Å². The van der Waals surface area contributed by atoms with Crippen molar-refractivity contribution in [1.29, 1.82) is 0 Å². The molecule has 0 amide bonds. The number of aryl methyl sites for hydroxylation is 1. The number of pyridine rings is 1. The van der Waals surface area contributed by atoms with E-state index in [1.165, 1.54) is 0 Å². The Hall–Kier alpha value is -1.78. The highest BCUT2D eigenvalue weighted by Crippen LogP contribution is 2.13. The van der Waals surface area contributed by atoms with E-state index in [1.54, 1.807) is 13.1 Å². The molecule has 0 radical (unpaired) electrons. The molecule has 0 unspecified atom stereocenters. The van der Waals surface area contributed by atoms with Gasteiger partial charge in [0.15, 0.2) is 0 Å². The van der Waals surface area contributed by atoms with Crippen molar-refractivity contribution in [2.75, 3.05) is 24.2 Å². The summed E-state index contributed by atoms with van der Waals surface area (Å²) in [6.07, 6.45) is 2.76. The molecule has 1 aromatic rings. The van der Waals surface area contributed by atoms with E-state index in [4.69, 9.17) is 10.5 Å². The fourth-order valence-electron chi connectivity index (χ4n) is 1.45. The summed E-state index contributed by atoms with van der Waals surface area (Å²) in [5.41, 5.74) is 7.26. The number of aromatic nitrogens is 1. The Labute approximate surface area is 101 Å². The number of nitrogens with zero attached hydrogens (tertiary/aromatic N) is 1. The molecule has 5 heteroatoms. The summed E-state index contributed by atoms with van der Waals surface area (Å²) in [6, 6.07) is 1.86. The largest absolute Gasteiger partial charge is 0.466 e. The number of ether oxygens (including phenoxy) is 1. The maximum Gasteiger partial charge on any atom is 0.305 e. The van der Waals surface area contributed by atoms with Gasteiger partial charge in [0.2, 0.25) is 0 Å². The van der Waals surface area contributed by atoms with Crippen LogP contribution in [0, 0.1) is 6.92 Å². The summed E-state index contributed by atoms with van der Waals surface area (Å²) in [5, 5.41) is 3.16. The lowest BCUT2D eigenvalue weighted by atomic mass is 10.2. The fraction of sp³-hybridized carbons (Fsp3) is 0.500. The third kappa shape index (κ3) is 4.72. The van der Waals surface area contributed by atoms with Gasteiger partial charge in [-0.25, -0.2) is 4.98 Å². The van der Waals surface area contributed by atoms with Gasteiger partial charge >= 0.3 is 5.97 Å². The summed E-state index contributed by atoms with van der Waals surface area (Å²) in [4.78, 5) is 15.3. The molecule has 0 aromatic carbocycles. The van der Waals surface area contributed by atoms with Crippen LogP contribution in [0.5, 0.6) is 0 Å². The SMILES string of the molecule is CCOC(=O)CCCNc1ncc(N)cc1C. The highest BCUT2D eigenvalue weighted by atomic mass is 16.5. The van der Waals surface area contributed by atoms with E-state index in [0.717, 1.165) is 17.8 Å². The highest BCUT2D eigenvalue weighted by molar-refractivity contribution is 5.69. The molecule has 1 heterocycles. The lowest BCUT2D eigenvalue weighted by molar-refractivity contribution is -0.143. The first-order valence-corrected chi connectivity index (χ1v) is 5.75. The molecule has 0 fully saturated rings. The third-order valence-corrected chi connectivity index (χ3v) is 2.25. The van der Waals surface area contributed by atoms with Gasteiger partial charge < -0.3 is 15.8 Å². The summed E-state index contributed by atoms with van der Waals surface area (Å²) >= 11 is 0. The van der Waals surface area contributed by atoms with Crippen molar-refractivity contribution in [3.63, 3.8) is 0 Å². The molecule has 0 aliphatic rings. The zero-order valence-corrected chi connectivity index (χ0v) is 10.3. The number of carbonyl (C=O) groups is 1. The Balaban J connectivity index is 2.29. The fourth-order valence-corrected chi connectivity index (χ4v) is 1.45. The number of anilines is 2. The Kier molecular flexibility index (Phi) is 5.26. The van der Waals surface area contributed by atoms with E-state index >= 15 is 0 Å². The summed E-state index contributed by atoms with van der Waals surface area (Å²) in [5.74, 6) is 0.652. The van der Waals surface area contributed by atoms with Crippen LogP contribution in [0.2, 0.25) is 0 Å². The zero-order chi connectivity index (χ0) is 12.7. The molecular formula is C12H19N3O2. The minimum Gasteiger partial charge on any atom is -0.466 e. The van der Waals surface area contributed by atoms with Gasteiger partial charge in [0, 0.05) is 13.0 Å². The lowest BCUT2D eigenvalue weighted by Crippen LogP contribution is -2.09. The average Bonchev–Trinajstić information content (AvgIpc) is 2.27. The molecule has 0 spiro atoms. The molecule has 0 saturated carbocycles. The quantitative estimate of drug-likeness (QED) is 0.582. The van der Waals surface area contributed by atoms with E-state index in [1.807, 2.05) is 13.0 Å². The van der Waals surface area contributed by atoms with Crippen molar-refractivity contribution in [2.45, 2.75) is 26.7 Å². The number of nitrogens with one attached hydrogen (secondary N) is 1. The Bertz CT molecular complexity index is 380. The average molecular weight is 237 g/mol. The first kappa shape index (κ1) is 13.3. The van der Waals surface area contributed by atoms with Gasteiger partial charge in [-0.05, 0) is 31.9 Å². The standard InChI is InChI=1S/C12H19N3O2/c1-3-17-11(16)5-4-6-14-12-9(2)7-10(13)8-15-12/h7-8H,3-6,13H2,1-2H3,(H,14,15). The summed E-state index contributed by atoms with van der Waals surface area (Å²) in [6.45, 7) is 4.87. The number of hydrogen-bond acceptors (Lipinski definition) is 5. The van der Waals surface area contributed by atoms with Crippen molar-refractivity contribution < 1.29 is 9.53 Å². The smallest absolute Gasteiger partial charge is 0.305 e. The topological polar surface area (TPSA) is 77.2 Å². The molecule has 3 N–H and O–H groups in total. The third-order valence-electron chi connectivity index (χ3n) is 2.25. The van der Waals surface area contributed by atoms with Crippen LogP contribution in [0.4, 0.5) is 11.5 Å². The van der Waals surface area contributed by atoms with Gasteiger partial charge in [0.1, 0.15) is 5.82 Å². The Morgan fingerprint density at radius 3 is 3.00 bits per heavy atom. The van der Waals surface area contributed by atoms with Gasteiger partial charge in [0.25, 0.3) is 0 Å². The van der Waals surface area contributed by atoms with Crippen LogP contribution in [0.15, 0.2) is 12.3 Å². The number of nitrogen functional groups attached to an aromatic ring is 1. The summed E-state index contributed by atoms with van der Waals surface area (Å²) in [7, 11) is 0. The normalized spacial score (nSPS) is 10.0. The molecule has 94 valence electrons. The molecule has 0 aliphatic carbocycles. The second-order valence-electron chi connectivity index (χ2n) is 3.77. The maximum atomic E-state index is 11.1. The molecule has 0 atom stereocenters. The van der Waals surface area contributed by atoms with Crippen molar-refractivity contribution in [3.8, 4) is 0 Å². The predicted octanol–water partition coefficient (Wildman–Crippen LogP) is 1.73. The van der Waals surface area contributed by atoms with Crippen molar-refractivity contribution in [1.82, 2.24) is 4.98 Å². The summed E-state index contributed by atoms with van der Waals surface area (Å²) < 4.78 is 4.83. The lowest BCUT2D eigenvalue weighted by Gasteiger charge is -2.08. The first-order chi connectivity index (χ1) is 8.13. The number of esters is 1. The second kappa shape index (κ2) is 6.73. The van der Waals surface area contributed by atoms with Crippen molar-refractivity contribution >= 4 is 17.5 Å². The van der Waals surface area contributed by atoms with Gasteiger partial charge in [-0.3, -0.25) is 4.79 Å². The number of carbonyl (C=O) groups excluding carboxylic acids is 1. The highest BCUT2D eigenvalue weighted by Gasteiger charge is 2.02. The zero-order valence-electron chi connectivity index (χ0n) is 10.3. The monoisotopic (exact) mass is 237 g/mol. The van der Waals surface area contributed by atoms with Crippen LogP contribution in [0.3, 0.4) is 0 Å². The minimum absolute atomic E-state index is 0.156. The Morgan fingerprint density at radius 1 is 1.59 bits per heavy atom. The molecule has 0 saturated heterocycles. The van der Waals surface area contributed by atoms with E-state index in [2.05, 4.69) is 10.3 Å².